The van der Waals surface area contributed by atoms with E-state index in [-0.39, 0.29) is 29.7 Å². The Morgan fingerprint density at radius 2 is 2.04 bits per heavy atom. The monoisotopic (exact) mass is 381 g/mol. The van der Waals surface area contributed by atoms with Gasteiger partial charge >= 0.3 is 0 Å². The number of hydrogen-bond donors (Lipinski definition) is 2. The van der Waals surface area contributed by atoms with E-state index in [0.29, 0.717) is 13.1 Å². The lowest BCUT2D eigenvalue weighted by atomic mass is 9.90. The van der Waals surface area contributed by atoms with E-state index in [0.717, 1.165) is 23.0 Å². The van der Waals surface area contributed by atoms with Crippen LogP contribution in [0.25, 0.3) is 0 Å². The van der Waals surface area contributed by atoms with Gasteiger partial charge in [0.25, 0.3) is 0 Å². The summed E-state index contributed by atoms with van der Waals surface area (Å²) in [6.07, 6.45) is 1.19. The number of benzene rings is 1. The van der Waals surface area contributed by atoms with Gasteiger partial charge in [0.2, 0.25) is 11.8 Å². The first-order valence-corrected chi connectivity index (χ1v) is 8.63. The number of halogens is 1. The lowest BCUT2D eigenvalue weighted by molar-refractivity contribution is -0.131. The normalized spacial score (nSPS) is 22.0. The maximum Gasteiger partial charge on any atom is 0.225 e. The summed E-state index contributed by atoms with van der Waals surface area (Å²) in [7, 11) is 0. The van der Waals surface area contributed by atoms with E-state index >= 15 is 0 Å². The van der Waals surface area contributed by atoms with Crippen molar-refractivity contribution in [3.8, 4) is 0 Å². The van der Waals surface area contributed by atoms with Gasteiger partial charge in [0.05, 0.1) is 12.5 Å². The predicted octanol–water partition coefficient (Wildman–Crippen LogP) is 2.21. The van der Waals surface area contributed by atoms with Crippen molar-refractivity contribution in [3.05, 3.63) is 34.3 Å². The van der Waals surface area contributed by atoms with Crippen LogP contribution in [0.5, 0.6) is 0 Å². The van der Waals surface area contributed by atoms with Gasteiger partial charge in [0, 0.05) is 24.5 Å². The van der Waals surface area contributed by atoms with Crippen molar-refractivity contribution >= 4 is 27.7 Å². The van der Waals surface area contributed by atoms with Crippen molar-refractivity contribution in [2.75, 3.05) is 19.6 Å². The zero-order valence-corrected chi connectivity index (χ0v) is 15.2. The first-order valence-electron chi connectivity index (χ1n) is 7.83. The van der Waals surface area contributed by atoms with Gasteiger partial charge in [0.1, 0.15) is 0 Å². The van der Waals surface area contributed by atoms with Crippen LogP contribution in [-0.4, -0.2) is 36.3 Å². The molecule has 2 atom stereocenters. The number of nitrogens with zero attached hydrogens (tertiary/aromatic N) is 1. The molecule has 5 nitrogen and oxygen atoms in total. The molecule has 1 heterocycles. The molecule has 2 amide bonds. The molecule has 0 radical (unpaired) electrons. The average Bonchev–Trinajstić information content (AvgIpc) is 2.90. The molecular formula is C17H24BrN3O2. The number of nitrogens with one attached hydrogen (secondary N) is 1. The number of likely N-dealkylation sites (tertiary alicyclic amines) is 1. The first-order chi connectivity index (χ1) is 10.8. The molecule has 1 aliphatic rings. The molecule has 1 aromatic carbocycles. The molecule has 126 valence electrons. The zero-order chi connectivity index (χ0) is 17.0. The second-order valence-electron chi connectivity index (χ2n) is 6.59. The molecule has 2 unspecified atom stereocenters. The maximum atomic E-state index is 12.6. The van der Waals surface area contributed by atoms with Crippen LogP contribution in [0.15, 0.2) is 28.7 Å². The minimum atomic E-state index is -0.308. The smallest absolute Gasteiger partial charge is 0.225 e. The highest BCUT2D eigenvalue weighted by Crippen LogP contribution is 2.30. The summed E-state index contributed by atoms with van der Waals surface area (Å²) in [5.74, 6) is -0.0808. The second kappa shape index (κ2) is 7.45. The lowest BCUT2D eigenvalue weighted by Crippen LogP contribution is -2.37. The van der Waals surface area contributed by atoms with Gasteiger partial charge in [-0.25, -0.2) is 0 Å². The minimum Gasteiger partial charge on any atom is -0.349 e. The third-order valence-electron chi connectivity index (χ3n) is 4.43. The van der Waals surface area contributed by atoms with Crippen molar-refractivity contribution in [2.45, 2.75) is 32.7 Å². The Balaban J connectivity index is 2.07. The van der Waals surface area contributed by atoms with Crippen molar-refractivity contribution in [1.29, 1.82) is 0 Å². The standard InChI is InChI=1S/C17H24BrN3O2/c1-12(22)20-15(13-3-5-14(18)6-4-13)9-16(23)21-8-7-17(2,10-19)11-21/h3-6,15H,7-11,19H2,1-2H3,(H,20,22). The third kappa shape index (κ3) is 4.78. The molecule has 1 aliphatic heterocycles. The summed E-state index contributed by atoms with van der Waals surface area (Å²) in [6, 6.07) is 7.36. The van der Waals surface area contributed by atoms with Crippen LogP contribution in [0.4, 0.5) is 0 Å². The highest BCUT2D eigenvalue weighted by Gasteiger charge is 2.35. The quantitative estimate of drug-likeness (QED) is 0.820. The van der Waals surface area contributed by atoms with Crippen LogP contribution in [0.1, 0.15) is 38.3 Å². The van der Waals surface area contributed by atoms with Crippen LogP contribution >= 0.6 is 15.9 Å². The zero-order valence-electron chi connectivity index (χ0n) is 13.6. The Bertz CT molecular complexity index is 576. The Kier molecular flexibility index (Phi) is 5.81. The number of amides is 2. The summed E-state index contributed by atoms with van der Waals surface area (Å²) in [5, 5.41) is 2.88. The van der Waals surface area contributed by atoms with Gasteiger partial charge in [-0.2, -0.15) is 0 Å². The van der Waals surface area contributed by atoms with Crippen LogP contribution in [0.2, 0.25) is 0 Å². The fourth-order valence-electron chi connectivity index (χ4n) is 2.90. The molecule has 3 N–H and O–H groups in total. The molecule has 0 spiro atoms. The average molecular weight is 382 g/mol. The van der Waals surface area contributed by atoms with Crippen LogP contribution in [0, 0.1) is 5.41 Å². The number of nitrogens with two attached hydrogens (primary N) is 1. The van der Waals surface area contributed by atoms with Crippen LogP contribution < -0.4 is 11.1 Å². The number of carbonyl (C=O) groups excluding carboxylic acids is 2. The van der Waals surface area contributed by atoms with E-state index in [1.165, 1.54) is 6.92 Å². The van der Waals surface area contributed by atoms with Gasteiger partial charge in [0.15, 0.2) is 0 Å². The Morgan fingerprint density at radius 1 is 1.39 bits per heavy atom. The topological polar surface area (TPSA) is 75.4 Å². The highest BCUT2D eigenvalue weighted by atomic mass is 79.9. The molecule has 0 saturated carbocycles. The van der Waals surface area contributed by atoms with Crippen molar-refractivity contribution in [1.82, 2.24) is 10.2 Å². The summed E-state index contributed by atoms with van der Waals surface area (Å²) >= 11 is 3.40. The van der Waals surface area contributed by atoms with E-state index in [9.17, 15) is 9.59 Å². The molecule has 2 rings (SSSR count). The van der Waals surface area contributed by atoms with E-state index < -0.39 is 0 Å². The van der Waals surface area contributed by atoms with Gasteiger partial charge in [-0.1, -0.05) is 35.0 Å². The van der Waals surface area contributed by atoms with Crippen molar-refractivity contribution in [2.24, 2.45) is 11.1 Å². The molecule has 1 saturated heterocycles. The number of carbonyl (C=O) groups is 2. The Hall–Kier alpha value is -1.40. The molecule has 0 bridgehead atoms. The second-order valence-corrected chi connectivity index (χ2v) is 7.50. The van der Waals surface area contributed by atoms with E-state index in [1.807, 2.05) is 29.2 Å². The highest BCUT2D eigenvalue weighted by molar-refractivity contribution is 9.10. The Labute approximate surface area is 145 Å². The summed E-state index contributed by atoms with van der Waals surface area (Å²) in [4.78, 5) is 26.0. The minimum absolute atomic E-state index is 0.0107. The van der Waals surface area contributed by atoms with Crippen LogP contribution in [-0.2, 0) is 9.59 Å². The lowest BCUT2D eigenvalue weighted by Gasteiger charge is -2.25. The summed E-state index contributed by atoms with van der Waals surface area (Å²) in [6.45, 7) is 5.59. The van der Waals surface area contributed by atoms with Gasteiger partial charge in [-0.3, -0.25) is 9.59 Å². The Morgan fingerprint density at radius 3 is 2.57 bits per heavy atom. The predicted molar refractivity (Wildman–Crippen MR) is 93.7 cm³/mol. The van der Waals surface area contributed by atoms with E-state index in [2.05, 4.69) is 28.2 Å². The summed E-state index contributed by atoms with van der Waals surface area (Å²) in [5.41, 5.74) is 6.74. The van der Waals surface area contributed by atoms with Gasteiger partial charge in [-0.15, -0.1) is 0 Å². The molecule has 0 aliphatic carbocycles. The fourth-order valence-corrected chi connectivity index (χ4v) is 3.16. The number of rotatable bonds is 5. The number of hydrogen-bond acceptors (Lipinski definition) is 3. The van der Waals surface area contributed by atoms with Crippen LogP contribution in [0.3, 0.4) is 0 Å². The fraction of sp³-hybridized carbons (Fsp3) is 0.529. The van der Waals surface area contributed by atoms with Gasteiger partial charge in [-0.05, 0) is 36.1 Å². The molecular weight excluding hydrogens is 358 g/mol. The molecule has 1 aromatic rings. The van der Waals surface area contributed by atoms with E-state index in [4.69, 9.17) is 5.73 Å². The molecule has 1 fully saturated rings. The SMILES string of the molecule is CC(=O)NC(CC(=O)N1CCC(C)(CN)C1)c1ccc(Br)cc1. The van der Waals surface area contributed by atoms with Gasteiger partial charge < -0.3 is 16.0 Å². The summed E-state index contributed by atoms with van der Waals surface area (Å²) < 4.78 is 0.965. The third-order valence-corrected chi connectivity index (χ3v) is 4.96. The molecule has 23 heavy (non-hydrogen) atoms. The van der Waals surface area contributed by atoms with Crippen molar-refractivity contribution in [3.63, 3.8) is 0 Å². The van der Waals surface area contributed by atoms with Crippen molar-refractivity contribution < 1.29 is 9.59 Å². The molecule has 6 heteroatoms. The van der Waals surface area contributed by atoms with E-state index in [1.54, 1.807) is 0 Å². The first kappa shape index (κ1) is 17.9. The largest absolute Gasteiger partial charge is 0.349 e. The maximum absolute atomic E-state index is 12.6. The molecule has 0 aromatic heterocycles.